The van der Waals surface area contributed by atoms with Crippen LogP contribution in [-0.2, 0) is 32.5 Å². The third-order valence-electron chi connectivity index (χ3n) is 11.0. The van der Waals surface area contributed by atoms with Gasteiger partial charge in [-0.05, 0) is 81.6 Å². The fourth-order valence-corrected chi connectivity index (χ4v) is 8.73. The van der Waals surface area contributed by atoms with Crippen LogP contribution in [0.5, 0.6) is 11.8 Å². The number of carbonyl (C=O) groups excluding carboxylic acids is 1. The van der Waals surface area contributed by atoms with Crippen molar-refractivity contribution < 1.29 is 23.4 Å². The zero-order valence-electron chi connectivity index (χ0n) is 29.6. The Morgan fingerprint density at radius 1 is 1.10 bits per heavy atom. The number of nitrogens with zero attached hydrogens (tertiary/aromatic N) is 7. The molecule has 8 rings (SSSR count). The third kappa shape index (κ3) is 6.23. The van der Waals surface area contributed by atoms with Gasteiger partial charge in [0.15, 0.2) is 5.69 Å². The smallest absolute Gasteiger partial charge is 0.318 e. The first kappa shape index (κ1) is 33.6. The predicted molar refractivity (Wildman–Crippen MR) is 191 cm³/mol. The van der Waals surface area contributed by atoms with Crippen LogP contribution in [0.4, 0.5) is 20.3 Å². The molecule has 11 nitrogen and oxygen atoms in total. The van der Waals surface area contributed by atoms with Gasteiger partial charge in [-0.25, -0.2) is 8.78 Å². The molecular weight excluding hydrogens is 654 g/mol. The van der Waals surface area contributed by atoms with Crippen LogP contribution in [0.1, 0.15) is 79.5 Å². The van der Waals surface area contributed by atoms with E-state index in [1.807, 2.05) is 31.5 Å². The molecule has 2 saturated heterocycles. The van der Waals surface area contributed by atoms with E-state index >= 15 is 4.39 Å². The molecule has 0 bridgehead atoms. The summed E-state index contributed by atoms with van der Waals surface area (Å²) in [6.07, 6.45) is 3.41. The lowest BCUT2D eigenvalue weighted by molar-refractivity contribution is 0.0937. The quantitative estimate of drug-likeness (QED) is 0.253. The number of nitrogens with one attached hydrogen (secondary N) is 1. The van der Waals surface area contributed by atoms with Crippen molar-refractivity contribution in [2.24, 2.45) is 0 Å². The second kappa shape index (κ2) is 13.2. The van der Waals surface area contributed by atoms with E-state index in [0.29, 0.717) is 69.9 Å². The highest BCUT2D eigenvalue weighted by Crippen LogP contribution is 2.42. The minimum Gasteiger partial charge on any atom is -0.508 e. The number of halogens is 2. The maximum Gasteiger partial charge on any atom is 0.318 e. The molecule has 1 amide bonds. The van der Waals surface area contributed by atoms with E-state index in [1.54, 1.807) is 18.2 Å². The number of benzene rings is 2. The average Bonchev–Trinajstić information content (AvgIpc) is 3.73. The van der Waals surface area contributed by atoms with Gasteiger partial charge < -0.3 is 25.0 Å². The second-order valence-electron chi connectivity index (χ2n) is 14.9. The van der Waals surface area contributed by atoms with Gasteiger partial charge in [-0.3, -0.25) is 14.4 Å². The summed E-state index contributed by atoms with van der Waals surface area (Å²) >= 11 is 0. The molecule has 0 saturated carbocycles. The number of hydrogen-bond donors (Lipinski definition) is 2. The molecule has 0 aliphatic carbocycles. The van der Waals surface area contributed by atoms with Gasteiger partial charge >= 0.3 is 6.01 Å². The molecule has 0 spiro atoms. The molecule has 0 unspecified atom stereocenters. The molecule has 2 N–H and O–H groups in total. The summed E-state index contributed by atoms with van der Waals surface area (Å²) in [4.78, 5) is 29.5. The number of phenols is 1. The number of aromatic hydroxyl groups is 1. The summed E-state index contributed by atoms with van der Waals surface area (Å²) in [6.45, 7) is 10.3. The highest BCUT2D eigenvalue weighted by molar-refractivity contribution is 5.98. The molecule has 2 aromatic carbocycles. The maximum atomic E-state index is 15.1. The number of carbonyl (C=O) groups is 1. The molecule has 4 aliphatic rings. The van der Waals surface area contributed by atoms with Crippen molar-refractivity contribution in [3.8, 4) is 11.8 Å². The first-order valence-corrected chi connectivity index (χ1v) is 18.3. The lowest BCUT2D eigenvalue weighted by Gasteiger charge is -2.35. The normalized spacial score (nSPS) is 21.9. The van der Waals surface area contributed by atoms with Crippen molar-refractivity contribution in [3.05, 3.63) is 64.4 Å². The van der Waals surface area contributed by atoms with Crippen LogP contribution in [0.15, 0.2) is 30.3 Å². The Bertz CT molecular complexity index is 1980. The minimum absolute atomic E-state index is 0.00216. The number of fused-ring (bicyclic) bond motifs is 4. The summed E-state index contributed by atoms with van der Waals surface area (Å²) < 4.78 is 38.1. The average molecular weight is 701 g/mol. The van der Waals surface area contributed by atoms with Gasteiger partial charge in [-0.15, -0.1) is 0 Å². The van der Waals surface area contributed by atoms with Crippen molar-refractivity contribution in [2.45, 2.75) is 96.7 Å². The molecule has 2 fully saturated rings. The van der Waals surface area contributed by atoms with Crippen molar-refractivity contribution in [1.82, 2.24) is 30.0 Å². The molecule has 0 radical (unpaired) electrons. The van der Waals surface area contributed by atoms with E-state index in [2.05, 4.69) is 25.1 Å². The Kier molecular flexibility index (Phi) is 8.72. The van der Waals surface area contributed by atoms with E-state index in [9.17, 15) is 14.3 Å². The Morgan fingerprint density at radius 3 is 2.78 bits per heavy atom. The van der Waals surface area contributed by atoms with Gasteiger partial charge in [0.1, 0.15) is 30.2 Å². The molecule has 51 heavy (non-hydrogen) atoms. The molecule has 270 valence electrons. The van der Waals surface area contributed by atoms with Crippen LogP contribution in [0.25, 0.3) is 10.8 Å². The fourth-order valence-electron chi connectivity index (χ4n) is 8.73. The topological polar surface area (TPSA) is 112 Å². The molecule has 13 heteroatoms. The summed E-state index contributed by atoms with van der Waals surface area (Å²) in [5.74, 6) is 0.451. The van der Waals surface area contributed by atoms with Crippen molar-refractivity contribution in [1.29, 1.82) is 0 Å². The lowest BCUT2D eigenvalue weighted by atomic mass is 9.95. The Hall–Kier alpha value is -4.52. The monoisotopic (exact) mass is 700 g/mol. The van der Waals surface area contributed by atoms with E-state index in [0.717, 1.165) is 71.6 Å². The van der Waals surface area contributed by atoms with Crippen LogP contribution in [-0.4, -0.2) is 86.2 Å². The number of rotatable bonds is 8. The number of phenolic OH excluding ortho intramolecular Hbond substituents is 1. The predicted octanol–water partition coefficient (Wildman–Crippen LogP) is 5.30. The highest BCUT2D eigenvalue weighted by atomic mass is 19.1. The van der Waals surface area contributed by atoms with E-state index in [-0.39, 0.29) is 35.1 Å². The first-order valence-electron chi connectivity index (χ1n) is 18.3. The van der Waals surface area contributed by atoms with Gasteiger partial charge in [0, 0.05) is 61.3 Å². The summed E-state index contributed by atoms with van der Waals surface area (Å²) in [6, 6.07) is 8.70. The third-order valence-corrected chi connectivity index (χ3v) is 11.0. The van der Waals surface area contributed by atoms with Gasteiger partial charge in [0.2, 0.25) is 0 Å². The molecule has 6 heterocycles. The molecule has 2 atom stereocenters. The van der Waals surface area contributed by atoms with Gasteiger partial charge in [-0.2, -0.15) is 15.1 Å². The number of amides is 1. The first-order chi connectivity index (χ1) is 24.6. The number of aromatic nitrogens is 4. The number of anilines is 2. The Morgan fingerprint density at radius 2 is 1.96 bits per heavy atom. The van der Waals surface area contributed by atoms with E-state index < -0.39 is 6.17 Å². The zero-order valence-corrected chi connectivity index (χ0v) is 29.6. The van der Waals surface area contributed by atoms with Crippen LogP contribution < -0.4 is 19.9 Å². The van der Waals surface area contributed by atoms with E-state index in [4.69, 9.17) is 14.7 Å². The number of alkyl halides is 1. The SMILES string of the molecule is CCc1c(F)ccc2cc(O)cc(N3CCc4c(nc(OC[C@@]56CCCN5C[C@H](F)C6)nc4N4CCCn5nc(C(=O)NC(C)C)cc5C4)C3)c12. The van der Waals surface area contributed by atoms with Crippen molar-refractivity contribution in [3.63, 3.8) is 0 Å². The number of ether oxygens (including phenoxy) is 1. The summed E-state index contributed by atoms with van der Waals surface area (Å²) in [7, 11) is 0. The molecule has 4 aromatic rings. The highest BCUT2D eigenvalue weighted by Gasteiger charge is 2.49. The molecule has 4 aliphatic heterocycles. The van der Waals surface area contributed by atoms with Crippen LogP contribution in [0, 0.1) is 5.82 Å². The Labute approximate surface area is 296 Å². The van der Waals surface area contributed by atoms with Crippen molar-refractivity contribution >= 4 is 28.2 Å². The van der Waals surface area contributed by atoms with Crippen LogP contribution >= 0.6 is 0 Å². The van der Waals surface area contributed by atoms with Crippen LogP contribution in [0.3, 0.4) is 0 Å². The summed E-state index contributed by atoms with van der Waals surface area (Å²) in [5, 5.41) is 19.9. The van der Waals surface area contributed by atoms with E-state index in [1.165, 1.54) is 6.07 Å². The zero-order chi connectivity index (χ0) is 35.4. The lowest BCUT2D eigenvalue weighted by Crippen LogP contribution is -2.43. The maximum absolute atomic E-state index is 15.1. The number of aryl methyl sites for hydroxylation is 2. The van der Waals surface area contributed by atoms with Gasteiger partial charge in [0.25, 0.3) is 5.91 Å². The fraction of sp³-hybridized carbons (Fsp3) is 0.526. The number of hydrogen-bond acceptors (Lipinski definition) is 9. The van der Waals surface area contributed by atoms with Gasteiger partial charge in [0.05, 0.1) is 30.0 Å². The molecule has 2 aromatic heterocycles. The van der Waals surface area contributed by atoms with Crippen molar-refractivity contribution in [2.75, 3.05) is 42.6 Å². The largest absolute Gasteiger partial charge is 0.508 e. The standard InChI is InChI=1S/C38H46F2N8O3/c1-4-28-30(40)8-7-24-15-27(49)17-33(34(24)28)45-14-9-29-32(21-45)42-37(51-22-38-10-5-12-47(38)19-25(39)18-38)43-35(29)46-11-6-13-48-26(20-46)16-31(44-48)36(50)41-23(2)3/h7-8,15-17,23,25,49H,4-6,9-14,18-22H2,1-3H3,(H,41,50)/t25-,38+/m1/s1. The Balaban J connectivity index is 1.16. The minimum atomic E-state index is -0.869. The summed E-state index contributed by atoms with van der Waals surface area (Å²) in [5.41, 5.74) is 4.17. The second-order valence-corrected chi connectivity index (χ2v) is 14.9. The molecular formula is C38H46F2N8O3. The van der Waals surface area contributed by atoms with Crippen LogP contribution in [0.2, 0.25) is 0 Å². The van der Waals surface area contributed by atoms with Gasteiger partial charge in [-0.1, -0.05) is 13.0 Å².